The molecule has 4 nitrogen and oxygen atoms in total. The molecule has 5 heteroatoms. The fraction of sp³-hybridized carbons (Fsp3) is 0.429. The molecular formula is C14H19NO3S. The van der Waals surface area contributed by atoms with Gasteiger partial charge in [0.05, 0.1) is 5.75 Å². The smallest absolute Gasteiger partial charge is 0.325 e. The SMILES string of the molecule is CC(NC(=O)CSc1ccc(C(C)C)cc1)C(=O)O. The number of amides is 1. The van der Waals surface area contributed by atoms with E-state index in [2.05, 4.69) is 19.2 Å². The van der Waals surface area contributed by atoms with Crippen LogP contribution in [-0.2, 0) is 9.59 Å². The molecule has 2 N–H and O–H groups in total. The van der Waals surface area contributed by atoms with Gasteiger partial charge in [0.15, 0.2) is 0 Å². The molecule has 104 valence electrons. The predicted molar refractivity (Wildman–Crippen MR) is 76.5 cm³/mol. The lowest BCUT2D eigenvalue weighted by Gasteiger charge is -2.09. The summed E-state index contributed by atoms with van der Waals surface area (Å²) in [4.78, 5) is 23.1. The van der Waals surface area contributed by atoms with E-state index >= 15 is 0 Å². The lowest BCUT2D eigenvalue weighted by molar-refractivity contribution is -0.140. The predicted octanol–water partition coefficient (Wildman–Crippen LogP) is 2.49. The summed E-state index contributed by atoms with van der Waals surface area (Å²) in [5.41, 5.74) is 1.26. The van der Waals surface area contributed by atoms with Gasteiger partial charge in [-0.2, -0.15) is 0 Å². The number of carbonyl (C=O) groups excluding carboxylic acids is 1. The Labute approximate surface area is 117 Å². The van der Waals surface area contributed by atoms with Crippen LogP contribution in [0.4, 0.5) is 0 Å². The second kappa shape index (κ2) is 7.19. The van der Waals surface area contributed by atoms with E-state index in [1.807, 2.05) is 24.3 Å². The molecule has 0 radical (unpaired) electrons. The minimum Gasteiger partial charge on any atom is -0.480 e. The van der Waals surface area contributed by atoms with Crippen molar-refractivity contribution in [1.82, 2.24) is 5.32 Å². The van der Waals surface area contributed by atoms with Gasteiger partial charge < -0.3 is 10.4 Å². The number of carbonyl (C=O) groups is 2. The molecule has 1 aromatic rings. The number of aliphatic carboxylic acids is 1. The fourth-order valence-corrected chi connectivity index (χ4v) is 2.15. The molecule has 1 aromatic carbocycles. The number of thioether (sulfide) groups is 1. The van der Waals surface area contributed by atoms with Crippen LogP contribution in [0.15, 0.2) is 29.2 Å². The Morgan fingerprint density at radius 2 is 1.79 bits per heavy atom. The standard InChI is InChI=1S/C14H19NO3S/c1-9(2)11-4-6-12(7-5-11)19-8-13(16)15-10(3)14(17)18/h4-7,9-10H,8H2,1-3H3,(H,15,16)(H,17,18). The number of rotatable bonds is 6. The number of hydrogen-bond donors (Lipinski definition) is 2. The molecule has 1 atom stereocenters. The highest BCUT2D eigenvalue weighted by Crippen LogP contribution is 2.21. The Balaban J connectivity index is 2.44. The average Bonchev–Trinajstić information content (AvgIpc) is 2.36. The van der Waals surface area contributed by atoms with E-state index < -0.39 is 12.0 Å². The molecule has 0 bridgehead atoms. The summed E-state index contributed by atoms with van der Waals surface area (Å²) in [6, 6.07) is 7.20. The first kappa shape index (κ1) is 15.6. The van der Waals surface area contributed by atoms with E-state index in [0.717, 1.165) is 4.90 Å². The third kappa shape index (κ3) is 5.34. The molecule has 0 fully saturated rings. The van der Waals surface area contributed by atoms with Gasteiger partial charge in [0, 0.05) is 4.90 Å². The maximum atomic E-state index is 11.5. The second-order valence-corrected chi connectivity index (χ2v) is 5.69. The Morgan fingerprint density at radius 1 is 1.21 bits per heavy atom. The van der Waals surface area contributed by atoms with E-state index in [1.54, 1.807) is 0 Å². The summed E-state index contributed by atoms with van der Waals surface area (Å²) in [7, 11) is 0. The normalized spacial score (nSPS) is 12.2. The molecule has 1 amide bonds. The van der Waals surface area contributed by atoms with Crippen LogP contribution in [0.25, 0.3) is 0 Å². The Hall–Kier alpha value is -1.49. The summed E-state index contributed by atoms with van der Waals surface area (Å²) in [6.45, 7) is 5.70. The van der Waals surface area contributed by atoms with Crippen LogP contribution in [0.2, 0.25) is 0 Å². The van der Waals surface area contributed by atoms with Gasteiger partial charge in [-0.05, 0) is 30.5 Å². The third-order valence-corrected chi connectivity index (χ3v) is 3.68. The Bertz CT molecular complexity index is 443. The number of carboxylic acids is 1. The summed E-state index contributed by atoms with van der Waals surface area (Å²) in [6.07, 6.45) is 0. The maximum Gasteiger partial charge on any atom is 0.325 e. The van der Waals surface area contributed by atoms with Crippen molar-refractivity contribution in [2.24, 2.45) is 0 Å². The summed E-state index contributed by atoms with van der Waals surface area (Å²) < 4.78 is 0. The minimum absolute atomic E-state index is 0.221. The lowest BCUT2D eigenvalue weighted by Crippen LogP contribution is -2.39. The molecule has 0 spiro atoms. The molecule has 0 saturated carbocycles. The molecule has 0 aliphatic heterocycles. The van der Waals surface area contributed by atoms with E-state index in [1.165, 1.54) is 24.2 Å². The molecule has 0 heterocycles. The van der Waals surface area contributed by atoms with Crippen molar-refractivity contribution in [3.63, 3.8) is 0 Å². The summed E-state index contributed by atoms with van der Waals surface area (Å²) in [5.74, 6) is -0.593. The van der Waals surface area contributed by atoms with Crippen molar-refractivity contribution >= 4 is 23.6 Å². The monoisotopic (exact) mass is 281 g/mol. The van der Waals surface area contributed by atoms with Crippen LogP contribution in [0.5, 0.6) is 0 Å². The quantitative estimate of drug-likeness (QED) is 0.786. The van der Waals surface area contributed by atoms with Gasteiger partial charge in [-0.3, -0.25) is 9.59 Å². The van der Waals surface area contributed by atoms with Crippen molar-refractivity contribution in [3.05, 3.63) is 29.8 Å². The van der Waals surface area contributed by atoms with Gasteiger partial charge >= 0.3 is 5.97 Å². The zero-order valence-corrected chi connectivity index (χ0v) is 12.2. The third-order valence-electron chi connectivity index (χ3n) is 2.66. The van der Waals surface area contributed by atoms with Crippen LogP contribution >= 0.6 is 11.8 Å². The van der Waals surface area contributed by atoms with Gasteiger partial charge in [0.25, 0.3) is 0 Å². The lowest BCUT2D eigenvalue weighted by atomic mass is 10.0. The first-order chi connectivity index (χ1) is 8.90. The molecule has 0 saturated heterocycles. The zero-order chi connectivity index (χ0) is 14.4. The topological polar surface area (TPSA) is 66.4 Å². The number of carboxylic acid groups (broad SMARTS) is 1. The highest BCUT2D eigenvalue weighted by molar-refractivity contribution is 8.00. The fourth-order valence-electron chi connectivity index (χ4n) is 1.44. The van der Waals surface area contributed by atoms with Crippen molar-refractivity contribution in [1.29, 1.82) is 0 Å². The number of nitrogens with one attached hydrogen (secondary N) is 1. The Morgan fingerprint density at radius 3 is 2.26 bits per heavy atom. The molecule has 1 rings (SSSR count). The highest BCUT2D eigenvalue weighted by Gasteiger charge is 2.13. The largest absolute Gasteiger partial charge is 0.480 e. The van der Waals surface area contributed by atoms with E-state index in [4.69, 9.17) is 5.11 Å². The second-order valence-electron chi connectivity index (χ2n) is 4.64. The molecule has 19 heavy (non-hydrogen) atoms. The van der Waals surface area contributed by atoms with Crippen molar-refractivity contribution in [2.75, 3.05) is 5.75 Å². The van der Waals surface area contributed by atoms with Gasteiger partial charge in [0.1, 0.15) is 6.04 Å². The van der Waals surface area contributed by atoms with Crippen LogP contribution in [-0.4, -0.2) is 28.8 Å². The van der Waals surface area contributed by atoms with Crippen LogP contribution < -0.4 is 5.32 Å². The van der Waals surface area contributed by atoms with E-state index in [9.17, 15) is 9.59 Å². The number of benzene rings is 1. The number of hydrogen-bond acceptors (Lipinski definition) is 3. The first-order valence-corrected chi connectivity index (χ1v) is 7.13. The van der Waals surface area contributed by atoms with Gasteiger partial charge in [0.2, 0.25) is 5.91 Å². The maximum absolute atomic E-state index is 11.5. The summed E-state index contributed by atoms with van der Waals surface area (Å²) in [5, 5.41) is 11.1. The average molecular weight is 281 g/mol. The molecule has 1 unspecified atom stereocenters. The van der Waals surface area contributed by atoms with Crippen molar-refractivity contribution < 1.29 is 14.7 Å². The molecular weight excluding hydrogens is 262 g/mol. The van der Waals surface area contributed by atoms with Crippen LogP contribution in [0.3, 0.4) is 0 Å². The van der Waals surface area contributed by atoms with E-state index in [0.29, 0.717) is 5.92 Å². The zero-order valence-electron chi connectivity index (χ0n) is 11.3. The highest BCUT2D eigenvalue weighted by atomic mass is 32.2. The van der Waals surface area contributed by atoms with Gasteiger partial charge in [-0.1, -0.05) is 26.0 Å². The molecule has 0 aliphatic carbocycles. The Kier molecular flexibility index (Phi) is 5.89. The molecule has 0 aromatic heterocycles. The van der Waals surface area contributed by atoms with Crippen LogP contribution in [0.1, 0.15) is 32.3 Å². The first-order valence-electron chi connectivity index (χ1n) is 6.15. The van der Waals surface area contributed by atoms with Crippen molar-refractivity contribution in [2.45, 2.75) is 37.6 Å². The van der Waals surface area contributed by atoms with Gasteiger partial charge in [-0.25, -0.2) is 0 Å². The minimum atomic E-state index is -1.03. The van der Waals surface area contributed by atoms with Crippen molar-refractivity contribution in [3.8, 4) is 0 Å². The molecule has 0 aliphatic rings. The van der Waals surface area contributed by atoms with E-state index in [-0.39, 0.29) is 11.7 Å². The van der Waals surface area contributed by atoms with Crippen LogP contribution in [0, 0.1) is 0 Å². The van der Waals surface area contributed by atoms with Gasteiger partial charge in [-0.15, -0.1) is 11.8 Å². The summed E-state index contributed by atoms with van der Waals surface area (Å²) >= 11 is 1.40.